The van der Waals surface area contributed by atoms with Gasteiger partial charge in [-0.2, -0.15) is 0 Å². The SMILES string of the molecule is O=C(NCc1ccc(SN2CCOCC2)cc1)c1cccnc1. The van der Waals surface area contributed by atoms with Crippen molar-refractivity contribution < 1.29 is 9.53 Å². The summed E-state index contributed by atoms with van der Waals surface area (Å²) in [6.45, 7) is 4.01. The molecule has 120 valence electrons. The van der Waals surface area contributed by atoms with E-state index in [1.807, 2.05) is 12.1 Å². The van der Waals surface area contributed by atoms with Gasteiger partial charge in [-0.05, 0) is 41.8 Å². The van der Waals surface area contributed by atoms with Crippen molar-refractivity contribution >= 4 is 17.9 Å². The number of hydrogen-bond donors (Lipinski definition) is 1. The Balaban J connectivity index is 1.50. The van der Waals surface area contributed by atoms with Crippen molar-refractivity contribution in [2.45, 2.75) is 11.4 Å². The molecule has 1 saturated heterocycles. The number of morpholine rings is 1. The minimum absolute atomic E-state index is 0.107. The third kappa shape index (κ3) is 4.79. The number of carbonyl (C=O) groups excluding carboxylic acids is 1. The maximum absolute atomic E-state index is 12.0. The summed E-state index contributed by atoms with van der Waals surface area (Å²) in [4.78, 5) is 17.1. The molecule has 1 aromatic heterocycles. The Bertz CT molecular complexity index is 628. The Hall–Kier alpha value is -1.89. The molecule has 0 spiro atoms. The molecule has 5 nitrogen and oxygen atoms in total. The standard InChI is InChI=1S/C17H19N3O2S/c21-17(15-2-1-7-18-13-15)19-12-14-3-5-16(6-4-14)23-20-8-10-22-11-9-20/h1-7,13H,8-12H2,(H,19,21). The lowest BCUT2D eigenvalue weighted by Crippen LogP contribution is -2.30. The second kappa shape index (κ2) is 8.10. The van der Waals surface area contributed by atoms with Crippen LogP contribution in [0.3, 0.4) is 0 Å². The van der Waals surface area contributed by atoms with Gasteiger partial charge in [0.25, 0.3) is 5.91 Å². The lowest BCUT2D eigenvalue weighted by molar-refractivity contribution is 0.0773. The zero-order valence-corrected chi connectivity index (χ0v) is 13.6. The van der Waals surface area contributed by atoms with Crippen LogP contribution >= 0.6 is 11.9 Å². The van der Waals surface area contributed by atoms with Crippen LogP contribution in [-0.4, -0.2) is 41.5 Å². The molecule has 1 aliphatic rings. The van der Waals surface area contributed by atoms with Gasteiger partial charge in [-0.15, -0.1) is 0 Å². The predicted octanol–water partition coefficient (Wildman–Crippen LogP) is 2.35. The zero-order valence-electron chi connectivity index (χ0n) is 12.8. The average molecular weight is 329 g/mol. The van der Waals surface area contributed by atoms with Crippen LogP contribution in [0.5, 0.6) is 0 Å². The fourth-order valence-corrected chi connectivity index (χ4v) is 3.12. The first-order chi connectivity index (χ1) is 11.3. The molecule has 0 unspecified atom stereocenters. The number of carbonyl (C=O) groups is 1. The Kier molecular flexibility index (Phi) is 5.63. The van der Waals surface area contributed by atoms with Gasteiger partial charge in [0.2, 0.25) is 0 Å². The topological polar surface area (TPSA) is 54.5 Å². The third-order valence-electron chi connectivity index (χ3n) is 3.50. The summed E-state index contributed by atoms with van der Waals surface area (Å²) in [5, 5.41) is 2.90. The quantitative estimate of drug-likeness (QED) is 0.854. The van der Waals surface area contributed by atoms with E-state index in [9.17, 15) is 4.79 Å². The first kappa shape index (κ1) is 16.0. The molecule has 2 heterocycles. The van der Waals surface area contributed by atoms with Crippen molar-refractivity contribution in [3.8, 4) is 0 Å². The van der Waals surface area contributed by atoms with Crippen molar-refractivity contribution in [2.75, 3.05) is 26.3 Å². The highest BCUT2D eigenvalue weighted by molar-refractivity contribution is 7.97. The van der Waals surface area contributed by atoms with Crippen LogP contribution in [0, 0.1) is 0 Å². The van der Waals surface area contributed by atoms with E-state index < -0.39 is 0 Å². The molecule has 6 heteroatoms. The molecule has 2 aromatic rings. The minimum Gasteiger partial charge on any atom is -0.379 e. The smallest absolute Gasteiger partial charge is 0.253 e. The highest BCUT2D eigenvalue weighted by Crippen LogP contribution is 2.23. The Morgan fingerprint density at radius 1 is 1.22 bits per heavy atom. The molecule has 0 bridgehead atoms. The fourth-order valence-electron chi connectivity index (χ4n) is 2.24. The number of hydrogen-bond acceptors (Lipinski definition) is 5. The summed E-state index contributed by atoms with van der Waals surface area (Å²) in [7, 11) is 0. The second-order valence-corrected chi connectivity index (χ2v) is 6.37. The number of amides is 1. The summed E-state index contributed by atoms with van der Waals surface area (Å²) < 4.78 is 7.66. The maximum atomic E-state index is 12.0. The lowest BCUT2D eigenvalue weighted by Gasteiger charge is -2.25. The van der Waals surface area contributed by atoms with E-state index in [2.05, 4.69) is 26.7 Å². The lowest BCUT2D eigenvalue weighted by atomic mass is 10.2. The molecule has 1 amide bonds. The summed E-state index contributed by atoms with van der Waals surface area (Å²) in [6.07, 6.45) is 3.22. The monoisotopic (exact) mass is 329 g/mol. The summed E-state index contributed by atoms with van der Waals surface area (Å²) in [6, 6.07) is 11.8. The first-order valence-corrected chi connectivity index (χ1v) is 8.36. The van der Waals surface area contributed by atoms with Crippen molar-refractivity contribution in [1.82, 2.24) is 14.6 Å². The van der Waals surface area contributed by atoms with E-state index in [4.69, 9.17) is 4.74 Å². The van der Waals surface area contributed by atoms with Gasteiger partial charge in [0, 0.05) is 36.9 Å². The fraction of sp³-hybridized carbons (Fsp3) is 0.294. The Morgan fingerprint density at radius 3 is 2.70 bits per heavy atom. The van der Waals surface area contributed by atoms with E-state index in [-0.39, 0.29) is 5.91 Å². The molecule has 0 saturated carbocycles. The normalized spacial score (nSPS) is 15.3. The van der Waals surface area contributed by atoms with Gasteiger partial charge in [0.15, 0.2) is 0 Å². The molecule has 1 fully saturated rings. The van der Waals surface area contributed by atoms with Crippen molar-refractivity contribution in [1.29, 1.82) is 0 Å². The number of nitrogens with zero attached hydrogens (tertiary/aromatic N) is 2. The maximum Gasteiger partial charge on any atom is 0.253 e. The van der Waals surface area contributed by atoms with Crippen LogP contribution in [0.2, 0.25) is 0 Å². The highest BCUT2D eigenvalue weighted by Gasteiger charge is 2.11. The van der Waals surface area contributed by atoms with Gasteiger partial charge < -0.3 is 10.1 Å². The number of nitrogens with one attached hydrogen (secondary N) is 1. The molecule has 23 heavy (non-hydrogen) atoms. The van der Waals surface area contributed by atoms with E-state index >= 15 is 0 Å². The van der Waals surface area contributed by atoms with E-state index in [0.717, 1.165) is 31.9 Å². The summed E-state index contributed by atoms with van der Waals surface area (Å²) in [5.41, 5.74) is 1.65. The number of ether oxygens (including phenoxy) is 1. The Morgan fingerprint density at radius 2 is 2.00 bits per heavy atom. The molecular weight excluding hydrogens is 310 g/mol. The molecular formula is C17H19N3O2S. The van der Waals surface area contributed by atoms with Crippen LogP contribution in [0.1, 0.15) is 15.9 Å². The van der Waals surface area contributed by atoms with Crippen LogP contribution in [-0.2, 0) is 11.3 Å². The van der Waals surface area contributed by atoms with Crippen LogP contribution in [0.15, 0.2) is 53.7 Å². The molecule has 0 atom stereocenters. The zero-order chi connectivity index (χ0) is 15.9. The van der Waals surface area contributed by atoms with Crippen molar-refractivity contribution in [3.05, 3.63) is 59.9 Å². The molecule has 0 aliphatic carbocycles. The third-order valence-corrected chi connectivity index (χ3v) is 4.61. The van der Waals surface area contributed by atoms with Gasteiger partial charge in [-0.1, -0.05) is 12.1 Å². The van der Waals surface area contributed by atoms with E-state index in [0.29, 0.717) is 12.1 Å². The molecule has 0 radical (unpaired) electrons. The van der Waals surface area contributed by atoms with Crippen molar-refractivity contribution in [3.63, 3.8) is 0 Å². The molecule has 1 aromatic carbocycles. The van der Waals surface area contributed by atoms with Gasteiger partial charge in [-0.3, -0.25) is 9.78 Å². The van der Waals surface area contributed by atoms with E-state index in [1.165, 1.54) is 4.90 Å². The molecule has 1 N–H and O–H groups in total. The van der Waals surface area contributed by atoms with E-state index in [1.54, 1.807) is 36.5 Å². The van der Waals surface area contributed by atoms with Gasteiger partial charge in [0.05, 0.1) is 18.8 Å². The molecule has 3 rings (SSSR count). The first-order valence-electron chi connectivity index (χ1n) is 7.59. The number of benzene rings is 1. The summed E-state index contributed by atoms with van der Waals surface area (Å²) >= 11 is 1.75. The average Bonchev–Trinajstić information content (AvgIpc) is 2.62. The predicted molar refractivity (Wildman–Crippen MR) is 90.1 cm³/mol. The van der Waals surface area contributed by atoms with Crippen LogP contribution in [0.25, 0.3) is 0 Å². The van der Waals surface area contributed by atoms with Crippen molar-refractivity contribution in [2.24, 2.45) is 0 Å². The highest BCUT2D eigenvalue weighted by atomic mass is 32.2. The van der Waals surface area contributed by atoms with Gasteiger partial charge in [-0.25, -0.2) is 4.31 Å². The number of pyridine rings is 1. The second-order valence-electron chi connectivity index (χ2n) is 5.20. The number of aromatic nitrogens is 1. The minimum atomic E-state index is -0.107. The van der Waals surface area contributed by atoms with Gasteiger partial charge >= 0.3 is 0 Å². The summed E-state index contributed by atoms with van der Waals surface area (Å²) in [5.74, 6) is -0.107. The molecule has 1 aliphatic heterocycles. The van der Waals surface area contributed by atoms with Crippen LogP contribution < -0.4 is 5.32 Å². The van der Waals surface area contributed by atoms with Gasteiger partial charge in [0.1, 0.15) is 0 Å². The largest absolute Gasteiger partial charge is 0.379 e. The number of rotatable bonds is 5. The van der Waals surface area contributed by atoms with Crippen LogP contribution in [0.4, 0.5) is 0 Å². The Labute approximate surface area is 140 Å².